The van der Waals surface area contributed by atoms with Gasteiger partial charge in [0, 0.05) is 37.3 Å². The maximum Gasteiger partial charge on any atom is 0.253 e. The van der Waals surface area contributed by atoms with Crippen molar-refractivity contribution in [3.05, 3.63) is 65.7 Å². The van der Waals surface area contributed by atoms with Crippen LogP contribution in [0.5, 0.6) is 5.75 Å². The predicted molar refractivity (Wildman–Crippen MR) is 114 cm³/mol. The number of piperidine rings is 3. The number of hydrogen-bond donors (Lipinski definition) is 0. The van der Waals surface area contributed by atoms with Crippen molar-refractivity contribution in [3.63, 3.8) is 0 Å². The molecule has 4 nitrogen and oxygen atoms in total. The zero-order valence-corrected chi connectivity index (χ0v) is 17.2. The van der Waals surface area contributed by atoms with Gasteiger partial charge in [0.15, 0.2) is 0 Å². The van der Waals surface area contributed by atoms with Crippen LogP contribution in [0.2, 0.25) is 0 Å². The van der Waals surface area contributed by atoms with Gasteiger partial charge in [-0.2, -0.15) is 0 Å². The molecule has 3 aliphatic heterocycles. The van der Waals surface area contributed by atoms with E-state index < -0.39 is 0 Å². The third kappa shape index (κ3) is 3.55. The van der Waals surface area contributed by atoms with Crippen molar-refractivity contribution in [1.82, 2.24) is 9.80 Å². The van der Waals surface area contributed by atoms with Gasteiger partial charge >= 0.3 is 0 Å². The first kappa shape index (κ1) is 18.7. The Hall–Kier alpha value is -2.33. The Morgan fingerprint density at radius 1 is 0.966 bits per heavy atom. The Labute approximate surface area is 173 Å². The Bertz CT molecular complexity index is 851. The molecule has 5 rings (SSSR count). The molecule has 0 saturated carbocycles. The number of ether oxygens (including phenoxy) is 1. The van der Waals surface area contributed by atoms with E-state index in [2.05, 4.69) is 34.1 Å². The summed E-state index contributed by atoms with van der Waals surface area (Å²) in [5, 5.41) is 0. The molecule has 2 bridgehead atoms. The zero-order valence-electron chi connectivity index (χ0n) is 17.2. The number of methoxy groups -OCH3 is 1. The highest BCUT2D eigenvalue weighted by molar-refractivity contribution is 5.94. The maximum atomic E-state index is 13.0. The fraction of sp³-hybridized carbons (Fsp3) is 0.480. The molecular weight excluding hydrogens is 360 g/mol. The summed E-state index contributed by atoms with van der Waals surface area (Å²) < 4.78 is 5.34. The molecule has 4 atom stereocenters. The van der Waals surface area contributed by atoms with Gasteiger partial charge in [0.05, 0.1) is 7.11 Å². The van der Waals surface area contributed by atoms with Crippen LogP contribution in [0.3, 0.4) is 0 Å². The molecule has 0 aromatic heterocycles. The summed E-state index contributed by atoms with van der Waals surface area (Å²) >= 11 is 0. The molecule has 152 valence electrons. The lowest BCUT2D eigenvalue weighted by Gasteiger charge is -2.55. The summed E-state index contributed by atoms with van der Waals surface area (Å²) in [5.41, 5.74) is 2.23. The van der Waals surface area contributed by atoms with E-state index in [1.54, 1.807) is 7.11 Å². The van der Waals surface area contributed by atoms with Crippen molar-refractivity contribution >= 4 is 5.91 Å². The lowest BCUT2D eigenvalue weighted by Crippen LogP contribution is -2.60. The second-order valence-electron chi connectivity index (χ2n) is 8.92. The maximum absolute atomic E-state index is 13.0. The second-order valence-corrected chi connectivity index (χ2v) is 8.92. The van der Waals surface area contributed by atoms with Crippen LogP contribution in [0.15, 0.2) is 54.6 Å². The number of rotatable bonds is 3. The predicted octanol–water partition coefficient (Wildman–Crippen LogP) is 4.38. The van der Waals surface area contributed by atoms with Crippen LogP contribution in [0.25, 0.3) is 0 Å². The molecule has 2 aromatic carbocycles. The van der Waals surface area contributed by atoms with Gasteiger partial charge in [0.2, 0.25) is 0 Å². The van der Waals surface area contributed by atoms with E-state index >= 15 is 0 Å². The first-order chi connectivity index (χ1) is 14.2. The summed E-state index contributed by atoms with van der Waals surface area (Å²) in [6.45, 7) is 2.90. The zero-order chi connectivity index (χ0) is 19.8. The molecule has 29 heavy (non-hydrogen) atoms. The van der Waals surface area contributed by atoms with Crippen LogP contribution < -0.4 is 4.74 Å². The molecule has 0 unspecified atom stereocenters. The van der Waals surface area contributed by atoms with Gasteiger partial charge < -0.3 is 9.64 Å². The standard InChI is InChI=1S/C25H30N2O2/c1-29-22-12-10-19(11-13-22)23-8-5-9-24-21-14-18(16-27(23)24)15-26(17-21)25(28)20-6-3-2-4-7-20/h2-4,6-7,10-13,18,21,23-24H,5,8-9,14-17H2,1H3/t18-,21+,23+,24-/m0/s1. The van der Waals surface area contributed by atoms with E-state index in [4.69, 9.17) is 4.74 Å². The number of carbonyl (C=O) groups excluding carboxylic acids is 1. The van der Waals surface area contributed by atoms with E-state index in [1.807, 2.05) is 30.3 Å². The quantitative estimate of drug-likeness (QED) is 0.780. The van der Waals surface area contributed by atoms with E-state index in [9.17, 15) is 4.79 Å². The molecule has 0 spiro atoms. The van der Waals surface area contributed by atoms with Crippen molar-refractivity contribution < 1.29 is 9.53 Å². The molecule has 0 radical (unpaired) electrons. The normalized spacial score (nSPS) is 29.2. The van der Waals surface area contributed by atoms with Gasteiger partial charge in [-0.1, -0.05) is 30.3 Å². The van der Waals surface area contributed by atoms with Gasteiger partial charge in [-0.25, -0.2) is 0 Å². The molecule has 3 aliphatic rings. The third-order valence-electron chi connectivity index (χ3n) is 7.20. The van der Waals surface area contributed by atoms with Crippen molar-refractivity contribution in [2.24, 2.45) is 11.8 Å². The summed E-state index contributed by atoms with van der Waals surface area (Å²) in [5.74, 6) is 2.30. The smallest absolute Gasteiger partial charge is 0.253 e. The number of amides is 1. The van der Waals surface area contributed by atoms with Gasteiger partial charge in [0.1, 0.15) is 5.75 Å². The molecule has 0 N–H and O–H groups in total. The first-order valence-electron chi connectivity index (χ1n) is 11.0. The lowest BCUT2D eigenvalue weighted by atomic mass is 9.74. The number of carbonyl (C=O) groups is 1. The molecule has 2 aromatic rings. The number of hydrogen-bond acceptors (Lipinski definition) is 3. The van der Waals surface area contributed by atoms with E-state index in [0.29, 0.717) is 23.9 Å². The highest BCUT2D eigenvalue weighted by atomic mass is 16.5. The molecule has 3 fully saturated rings. The Morgan fingerprint density at radius 2 is 1.76 bits per heavy atom. The fourth-order valence-corrected chi connectivity index (χ4v) is 5.92. The minimum atomic E-state index is 0.205. The average molecular weight is 391 g/mol. The van der Waals surface area contributed by atoms with Gasteiger partial charge in [-0.05, 0) is 67.3 Å². The van der Waals surface area contributed by atoms with Crippen molar-refractivity contribution in [2.75, 3.05) is 26.7 Å². The SMILES string of the molecule is COc1ccc([C@H]2CCC[C@H]3[C@@H]4C[C@@H](CN(C(=O)c5ccccc5)C4)CN23)cc1. The van der Waals surface area contributed by atoms with E-state index in [0.717, 1.165) is 30.9 Å². The van der Waals surface area contributed by atoms with Gasteiger partial charge in [0.25, 0.3) is 5.91 Å². The van der Waals surface area contributed by atoms with Crippen molar-refractivity contribution in [3.8, 4) is 5.75 Å². The third-order valence-corrected chi connectivity index (χ3v) is 7.20. The molecule has 1 amide bonds. The number of fused-ring (bicyclic) bond motifs is 4. The first-order valence-corrected chi connectivity index (χ1v) is 11.0. The fourth-order valence-electron chi connectivity index (χ4n) is 5.92. The highest BCUT2D eigenvalue weighted by Gasteiger charge is 2.45. The van der Waals surface area contributed by atoms with Gasteiger partial charge in [-0.3, -0.25) is 9.69 Å². The summed E-state index contributed by atoms with van der Waals surface area (Å²) in [6.07, 6.45) is 5.03. The van der Waals surface area contributed by atoms with Crippen LogP contribution in [-0.2, 0) is 0 Å². The highest BCUT2D eigenvalue weighted by Crippen LogP contribution is 2.44. The van der Waals surface area contributed by atoms with E-state index in [1.165, 1.54) is 31.2 Å². The van der Waals surface area contributed by atoms with Crippen molar-refractivity contribution in [2.45, 2.75) is 37.8 Å². The van der Waals surface area contributed by atoms with Gasteiger partial charge in [-0.15, -0.1) is 0 Å². The second kappa shape index (κ2) is 7.83. The summed E-state index contributed by atoms with van der Waals surface area (Å²) in [7, 11) is 1.72. The Kier molecular flexibility index (Phi) is 5.04. The van der Waals surface area contributed by atoms with Crippen LogP contribution in [0.1, 0.15) is 47.6 Å². The van der Waals surface area contributed by atoms with Crippen LogP contribution >= 0.6 is 0 Å². The number of likely N-dealkylation sites (tertiary alicyclic amines) is 1. The van der Waals surface area contributed by atoms with Crippen molar-refractivity contribution in [1.29, 1.82) is 0 Å². The molecule has 3 heterocycles. The molecule has 3 saturated heterocycles. The number of benzene rings is 2. The van der Waals surface area contributed by atoms with Crippen LogP contribution in [0.4, 0.5) is 0 Å². The minimum absolute atomic E-state index is 0.205. The Balaban J connectivity index is 1.34. The molecule has 0 aliphatic carbocycles. The summed E-state index contributed by atoms with van der Waals surface area (Å²) in [4.78, 5) is 17.9. The Morgan fingerprint density at radius 3 is 2.52 bits per heavy atom. The topological polar surface area (TPSA) is 32.8 Å². The monoisotopic (exact) mass is 390 g/mol. The largest absolute Gasteiger partial charge is 0.497 e. The van der Waals surface area contributed by atoms with Crippen LogP contribution in [-0.4, -0.2) is 48.5 Å². The number of nitrogens with zero attached hydrogens (tertiary/aromatic N) is 2. The van der Waals surface area contributed by atoms with E-state index in [-0.39, 0.29) is 5.91 Å². The minimum Gasteiger partial charge on any atom is -0.497 e. The molecular formula is C25H30N2O2. The van der Waals surface area contributed by atoms with Crippen LogP contribution in [0, 0.1) is 11.8 Å². The molecule has 4 heteroatoms. The average Bonchev–Trinajstić information content (AvgIpc) is 2.79. The summed E-state index contributed by atoms with van der Waals surface area (Å²) in [6, 6.07) is 19.5. The lowest BCUT2D eigenvalue weighted by molar-refractivity contribution is -0.0511.